The summed E-state index contributed by atoms with van der Waals surface area (Å²) in [6.07, 6.45) is 10.5. The number of carbonyl (C=O) groups excluding carboxylic acids is 1. The third kappa shape index (κ3) is 3.05. The van der Waals surface area contributed by atoms with Gasteiger partial charge < -0.3 is 9.32 Å². The Morgan fingerprint density at radius 1 is 1.18 bits per heavy atom. The van der Waals surface area contributed by atoms with Crippen LogP contribution in [0, 0.1) is 0 Å². The van der Waals surface area contributed by atoms with Crippen LogP contribution in [0.15, 0.2) is 65.9 Å². The molecule has 1 aliphatic heterocycles. The van der Waals surface area contributed by atoms with Crippen LogP contribution in [0.4, 0.5) is 0 Å². The molecule has 0 aromatic carbocycles. The van der Waals surface area contributed by atoms with Crippen molar-refractivity contribution in [3.63, 3.8) is 0 Å². The SMILES string of the molecule is O=C(c1ccoc1)N1CCC[C@@H](c2nc3ccc(-c4cccnc4)cn3n2)C1. The van der Waals surface area contributed by atoms with E-state index in [2.05, 4.69) is 4.98 Å². The van der Waals surface area contributed by atoms with Crippen LogP contribution in [-0.2, 0) is 0 Å². The van der Waals surface area contributed by atoms with Crippen molar-refractivity contribution in [2.45, 2.75) is 18.8 Å². The summed E-state index contributed by atoms with van der Waals surface area (Å²) in [6.45, 7) is 1.37. The monoisotopic (exact) mass is 373 g/mol. The number of hydrogen-bond donors (Lipinski definition) is 0. The molecule has 140 valence electrons. The first-order valence-corrected chi connectivity index (χ1v) is 9.36. The first-order valence-electron chi connectivity index (χ1n) is 9.36. The maximum Gasteiger partial charge on any atom is 0.257 e. The molecule has 7 heteroatoms. The van der Waals surface area contributed by atoms with E-state index in [0.29, 0.717) is 12.1 Å². The third-order valence-electron chi connectivity index (χ3n) is 5.18. The second kappa shape index (κ2) is 6.92. The van der Waals surface area contributed by atoms with Gasteiger partial charge in [0.1, 0.15) is 6.26 Å². The minimum absolute atomic E-state index is 0.000998. The van der Waals surface area contributed by atoms with Crippen molar-refractivity contribution in [3.8, 4) is 11.1 Å². The molecule has 1 aliphatic rings. The van der Waals surface area contributed by atoms with Crippen molar-refractivity contribution in [2.75, 3.05) is 13.1 Å². The van der Waals surface area contributed by atoms with Gasteiger partial charge in [-0.15, -0.1) is 0 Å². The Morgan fingerprint density at radius 3 is 2.96 bits per heavy atom. The van der Waals surface area contributed by atoms with E-state index in [1.807, 2.05) is 46.1 Å². The molecule has 0 bridgehead atoms. The molecule has 1 amide bonds. The Bertz CT molecular complexity index is 1100. The number of amides is 1. The van der Waals surface area contributed by atoms with Gasteiger partial charge in [-0.3, -0.25) is 9.78 Å². The Labute approximate surface area is 161 Å². The maximum absolute atomic E-state index is 12.6. The number of hydrogen-bond acceptors (Lipinski definition) is 5. The second-order valence-electron chi connectivity index (χ2n) is 7.03. The van der Waals surface area contributed by atoms with Crippen LogP contribution in [-0.4, -0.2) is 43.5 Å². The average Bonchev–Trinajstić information content (AvgIpc) is 3.43. The Morgan fingerprint density at radius 2 is 2.14 bits per heavy atom. The number of pyridine rings is 2. The fourth-order valence-corrected chi connectivity index (χ4v) is 3.72. The van der Waals surface area contributed by atoms with Gasteiger partial charge in [-0.2, -0.15) is 5.10 Å². The van der Waals surface area contributed by atoms with E-state index in [1.165, 1.54) is 12.5 Å². The molecule has 0 aliphatic carbocycles. The summed E-state index contributed by atoms with van der Waals surface area (Å²) in [5, 5.41) is 4.71. The number of nitrogens with zero attached hydrogens (tertiary/aromatic N) is 5. The summed E-state index contributed by atoms with van der Waals surface area (Å²) < 4.78 is 6.86. The van der Waals surface area contributed by atoms with Crippen molar-refractivity contribution in [2.24, 2.45) is 0 Å². The number of fused-ring (bicyclic) bond motifs is 1. The van der Waals surface area contributed by atoms with Gasteiger partial charge in [0.15, 0.2) is 11.5 Å². The zero-order valence-corrected chi connectivity index (χ0v) is 15.2. The molecule has 1 atom stereocenters. The van der Waals surface area contributed by atoms with E-state index in [4.69, 9.17) is 14.5 Å². The zero-order chi connectivity index (χ0) is 18.9. The fourth-order valence-electron chi connectivity index (χ4n) is 3.72. The Balaban J connectivity index is 1.40. The fraction of sp³-hybridized carbons (Fsp3) is 0.238. The van der Waals surface area contributed by atoms with Crippen LogP contribution in [0.1, 0.15) is 34.9 Å². The van der Waals surface area contributed by atoms with Crippen molar-refractivity contribution in [3.05, 3.63) is 72.8 Å². The van der Waals surface area contributed by atoms with Crippen LogP contribution < -0.4 is 0 Å². The Kier molecular flexibility index (Phi) is 4.12. The first kappa shape index (κ1) is 16.7. The van der Waals surface area contributed by atoms with Gasteiger partial charge in [0.25, 0.3) is 5.91 Å². The quantitative estimate of drug-likeness (QED) is 0.550. The molecule has 28 heavy (non-hydrogen) atoms. The summed E-state index contributed by atoms with van der Waals surface area (Å²) in [4.78, 5) is 23.4. The largest absolute Gasteiger partial charge is 0.472 e. The van der Waals surface area contributed by atoms with Crippen LogP contribution in [0.25, 0.3) is 16.8 Å². The van der Waals surface area contributed by atoms with Crippen LogP contribution >= 0.6 is 0 Å². The lowest BCUT2D eigenvalue weighted by atomic mass is 9.97. The van der Waals surface area contributed by atoms with Gasteiger partial charge >= 0.3 is 0 Å². The number of aromatic nitrogens is 4. The predicted octanol–water partition coefficient (Wildman–Crippen LogP) is 3.40. The van der Waals surface area contributed by atoms with Gasteiger partial charge in [0.05, 0.1) is 11.8 Å². The van der Waals surface area contributed by atoms with Crippen LogP contribution in [0.3, 0.4) is 0 Å². The molecule has 0 N–H and O–H groups in total. The molecular formula is C21H19N5O2. The van der Waals surface area contributed by atoms with Gasteiger partial charge in [0.2, 0.25) is 0 Å². The molecule has 5 rings (SSSR count). The highest BCUT2D eigenvalue weighted by molar-refractivity contribution is 5.93. The lowest BCUT2D eigenvalue weighted by Crippen LogP contribution is -2.39. The molecule has 0 spiro atoms. The number of likely N-dealkylation sites (tertiary alicyclic amines) is 1. The summed E-state index contributed by atoms with van der Waals surface area (Å²) in [5.41, 5.74) is 3.47. The summed E-state index contributed by atoms with van der Waals surface area (Å²) >= 11 is 0. The molecule has 1 fully saturated rings. The van der Waals surface area contributed by atoms with Crippen LogP contribution in [0.5, 0.6) is 0 Å². The van der Waals surface area contributed by atoms with Crippen molar-refractivity contribution < 1.29 is 9.21 Å². The molecule has 0 radical (unpaired) electrons. The molecule has 7 nitrogen and oxygen atoms in total. The molecule has 1 saturated heterocycles. The summed E-state index contributed by atoms with van der Waals surface area (Å²) in [6, 6.07) is 9.64. The van der Waals surface area contributed by atoms with E-state index in [1.54, 1.807) is 12.3 Å². The number of piperidine rings is 1. The third-order valence-corrected chi connectivity index (χ3v) is 5.18. The highest BCUT2D eigenvalue weighted by atomic mass is 16.3. The van der Waals surface area contributed by atoms with E-state index >= 15 is 0 Å². The van der Waals surface area contributed by atoms with E-state index in [9.17, 15) is 4.79 Å². The number of furan rings is 1. The van der Waals surface area contributed by atoms with E-state index in [-0.39, 0.29) is 11.8 Å². The topological polar surface area (TPSA) is 76.5 Å². The number of carbonyl (C=O) groups is 1. The summed E-state index contributed by atoms with van der Waals surface area (Å²) in [7, 11) is 0. The van der Waals surface area contributed by atoms with E-state index < -0.39 is 0 Å². The molecular weight excluding hydrogens is 354 g/mol. The smallest absolute Gasteiger partial charge is 0.257 e. The highest BCUT2D eigenvalue weighted by Gasteiger charge is 2.28. The van der Waals surface area contributed by atoms with Gasteiger partial charge in [0, 0.05) is 48.7 Å². The first-order chi connectivity index (χ1) is 13.8. The summed E-state index contributed by atoms with van der Waals surface area (Å²) in [5.74, 6) is 0.917. The molecule has 5 heterocycles. The normalized spacial score (nSPS) is 17.1. The van der Waals surface area contributed by atoms with Gasteiger partial charge in [-0.1, -0.05) is 6.07 Å². The predicted molar refractivity (Wildman–Crippen MR) is 103 cm³/mol. The van der Waals surface area contributed by atoms with Crippen molar-refractivity contribution in [1.29, 1.82) is 0 Å². The number of rotatable bonds is 3. The zero-order valence-electron chi connectivity index (χ0n) is 15.2. The maximum atomic E-state index is 12.6. The lowest BCUT2D eigenvalue weighted by Gasteiger charge is -2.31. The van der Waals surface area contributed by atoms with Crippen molar-refractivity contribution >= 4 is 11.6 Å². The van der Waals surface area contributed by atoms with Crippen LogP contribution in [0.2, 0.25) is 0 Å². The minimum Gasteiger partial charge on any atom is -0.472 e. The molecule has 4 aromatic rings. The minimum atomic E-state index is 0.000998. The van der Waals surface area contributed by atoms with E-state index in [0.717, 1.165) is 42.0 Å². The van der Waals surface area contributed by atoms with Crippen molar-refractivity contribution in [1.82, 2.24) is 24.5 Å². The van der Waals surface area contributed by atoms with Gasteiger partial charge in [-0.25, -0.2) is 9.50 Å². The average molecular weight is 373 g/mol. The second-order valence-corrected chi connectivity index (χ2v) is 7.03. The molecule has 4 aromatic heterocycles. The Hall–Kier alpha value is -3.48. The molecule has 0 saturated carbocycles. The lowest BCUT2D eigenvalue weighted by molar-refractivity contribution is 0.0704. The molecule has 0 unspecified atom stereocenters. The van der Waals surface area contributed by atoms with Gasteiger partial charge in [-0.05, 0) is 37.1 Å². The standard InChI is InChI=1S/C21H19N5O2/c27-21(18-7-10-28-14-18)25-9-2-4-17(12-25)20-23-19-6-5-16(13-26(19)24-20)15-3-1-8-22-11-15/h1,3,5-8,10-11,13-14,17H,2,4,9,12H2/t17-/m1/s1. The highest BCUT2D eigenvalue weighted by Crippen LogP contribution is 2.27.